The first-order valence-electron chi connectivity index (χ1n) is 3.46. The van der Waals surface area contributed by atoms with Gasteiger partial charge in [-0.05, 0) is 12.8 Å². The molecule has 0 radical (unpaired) electrons. The van der Waals surface area contributed by atoms with Crippen molar-refractivity contribution < 1.29 is 9.90 Å². The van der Waals surface area contributed by atoms with Crippen LogP contribution in [0.4, 0.5) is 4.79 Å². The van der Waals surface area contributed by atoms with Crippen molar-refractivity contribution in [3.8, 4) is 0 Å². The van der Waals surface area contributed by atoms with Crippen molar-refractivity contribution in [2.24, 2.45) is 5.73 Å². The molecular weight excluding hydrogens is 182 g/mol. The molecule has 0 bridgehead atoms. The van der Waals surface area contributed by atoms with Crippen LogP contribution >= 0.6 is 21.6 Å². The lowest BCUT2D eigenvalue weighted by Crippen LogP contribution is -2.03. The summed E-state index contributed by atoms with van der Waals surface area (Å²) < 4.78 is 0. The topological polar surface area (TPSA) is 63.3 Å². The number of carboxylic acid groups (broad SMARTS) is 1. The molecule has 3 nitrogen and oxygen atoms in total. The van der Waals surface area contributed by atoms with E-state index in [-0.39, 0.29) is 0 Å². The SMILES string of the molecule is C1CCSSCC1.NC(=O)O. The number of hydrogen-bond donors (Lipinski definition) is 2. The summed E-state index contributed by atoms with van der Waals surface area (Å²) in [4.78, 5) is 8.78. The minimum atomic E-state index is -1.33. The van der Waals surface area contributed by atoms with Crippen LogP contribution in [-0.2, 0) is 0 Å². The van der Waals surface area contributed by atoms with Crippen LogP contribution in [0.2, 0.25) is 0 Å². The molecular formula is C6H13NO2S2. The molecule has 5 heteroatoms. The number of amides is 1. The predicted octanol–water partition coefficient (Wildman–Crippen LogP) is 2.17. The van der Waals surface area contributed by atoms with Gasteiger partial charge >= 0.3 is 6.09 Å². The monoisotopic (exact) mass is 195 g/mol. The minimum absolute atomic E-state index is 1.33. The van der Waals surface area contributed by atoms with E-state index in [1.165, 1.54) is 30.8 Å². The normalized spacial score (nSPS) is 17.5. The summed E-state index contributed by atoms with van der Waals surface area (Å²) in [6.45, 7) is 0. The van der Waals surface area contributed by atoms with E-state index < -0.39 is 6.09 Å². The molecule has 1 heterocycles. The van der Waals surface area contributed by atoms with E-state index in [0.29, 0.717) is 0 Å². The zero-order chi connectivity index (χ0) is 8.53. The average molecular weight is 195 g/mol. The fourth-order valence-electron chi connectivity index (χ4n) is 0.617. The Kier molecular flexibility index (Phi) is 8.05. The van der Waals surface area contributed by atoms with Crippen LogP contribution < -0.4 is 5.73 Å². The van der Waals surface area contributed by atoms with E-state index in [0.717, 1.165) is 0 Å². The Morgan fingerprint density at radius 1 is 1.18 bits per heavy atom. The van der Waals surface area contributed by atoms with Crippen molar-refractivity contribution in [3.63, 3.8) is 0 Å². The van der Waals surface area contributed by atoms with E-state index in [1.807, 2.05) is 21.6 Å². The lowest BCUT2D eigenvalue weighted by molar-refractivity contribution is 0.205. The van der Waals surface area contributed by atoms with Crippen molar-refractivity contribution >= 4 is 27.7 Å². The van der Waals surface area contributed by atoms with Gasteiger partial charge in [0.15, 0.2) is 0 Å². The second-order valence-corrected chi connectivity index (χ2v) is 4.74. The van der Waals surface area contributed by atoms with Crippen LogP contribution in [0.25, 0.3) is 0 Å². The molecule has 11 heavy (non-hydrogen) atoms. The van der Waals surface area contributed by atoms with E-state index in [1.54, 1.807) is 0 Å². The second kappa shape index (κ2) is 8.07. The van der Waals surface area contributed by atoms with Gasteiger partial charge in [0.25, 0.3) is 0 Å². The summed E-state index contributed by atoms with van der Waals surface area (Å²) in [6.07, 6.45) is 3.01. The highest BCUT2D eigenvalue weighted by atomic mass is 33.1. The van der Waals surface area contributed by atoms with Gasteiger partial charge in [-0.2, -0.15) is 0 Å². The minimum Gasteiger partial charge on any atom is -0.465 e. The van der Waals surface area contributed by atoms with Gasteiger partial charge in [-0.25, -0.2) is 4.79 Å². The van der Waals surface area contributed by atoms with Crippen molar-refractivity contribution in [1.29, 1.82) is 0 Å². The fourth-order valence-corrected chi connectivity index (χ4v) is 2.91. The summed E-state index contributed by atoms with van der Waals surface area (Å²) >= 11 is 0. The highest BCUT2D eigenvalue weighted by Gasteiger charge is 1.96. The van der Waals surface area contributed by atoms with Crippen LogP contribution in [0.3, 0.4) is 0 Å². The van der Waals surface area contributed by atoms with Gasteiger partial charge in [0.05, 0.1) is 0 Å². The Labute approximate surface area is 74.5 Å². The molecule has 0 spiro atoms. The van der Waals surface area contributed by atoms with Gasteiger partial charge in [0, 0.05) is 11.5 Å². The fraction of sp³-hybridized carbons (Fsp3) is 0.833. The van der Waals surface area contributed by atoms with Crippen LogP contribution in [0.15, 0.2) is 0 Å². The van der Waals surface area contributed by atoms with Crippen LogP contribution in [0.1, 0.15) is 19.3 Å². The van der Waals surface area contributed by atoms with Crippen molar-refractivity contribution in [3.05, 3.63) is 0 Å². The molecule has 0 unspecified atom stereocenters. The Hall–Kier alpha value is -0.0300. The lowest BCUT2D eigenvalue weighted by atomic mass is 10.3. The molecule has 0 atom stereocenters. The van der Waals surface area contributed by atoms with Gasteiger partial charge in [0.2, 0.25) is 0 Å². The van der Waals surface area contributed by atoms with Gasteiger partial charge in [-0.15, -0.1) is 0 Å². The van der Waals surface area contributed by atoms with Crippen molar-refractivity contribution in [2.45, 2.75) is 19.3 Å². The smallest absolute Gasteiger partial charge is 0.402 e. The molecule has 0 aromatic heterocycles. The summed E-state index contributed by atoms with van der Waals surface area (Å²) in [5.74, 6) is 2.76. The average Bonchev–Trinajstić information content (AvgIpc) is 2.13. The first-order valence-corrected chi connectivity index (χ1v) is 5.95. The number of hydrogen-bond acceptors (Lipinski definition) is 3. The Morgan fingerprint density at radius 3 is 1.91 bits per heavy atom. The van der Waals surface area contributed by atoms with Gasteiger partial charge in [-0.1, -0.05) is 28.0 Å². The molecule has 66 valence electrons. The Bertz CT molecular complexity index is 87.1. The maximum Gasteiger partial charge on any atom is 0.402 e. The highest BCUT2D eigenvalue weighted by molar-refractivity contribution is 8.76. The second-order valence-electron chi connectivity index (χ2n) is 2.04. The molecule has 1 rings (SSSR count). The molecule has 1 saturated heterocycles. The number of primary amides is 1. The largest absolute Gasteiger partial charge is 0.465 e. The molecule has 0 saturated carbocycles. The molecule has 1 aliphatic rings. The van der Waals surface area contributed by atoms with Crippen molar-refractivity contribution in [2.75, 3.05) is 11.5 Å². The third kappa shape index (κ3) is 13.0. The first kappa shape index (κ1) is 11.0. The molecule has 0 aliphatic carbocycles. The van der Waals surface area contributed by atoms with Crippen LogP contribution in [0, 0.1) is 0 Å². The summed E-state index contributed by atoms with van der Waals surface area (Å²) in [5.41, 5.74) is 4.03. The number of nitrogens with two attached hydrogens (primary N) is 1. The van der Waals surface area contributed by atoms with Crippen LogP contribution in [-0.4, -0.2) is 22.7 Å². The maximum atomic E-state index is 8.78. The summed E-state index contributed by atoms with van der Waals surface area (Å²) in [6, 6.07) is 0. The van der Waals surface area contributed by atoms with Crippen molar-refractivity contribution in [1.82, 2.24) is 0 Å². The molecule has 0 aromatic carbocycles. The standard InChI is InChI=1S/C5H10S2.CH3NO2/c1-2-4-6-7-5-3-1;2-1(3)4/h1-5H2;2H2,(H,3,4). The number of rotatable bonds is 0. The van der Waals surface area contributed by atoms with Gasteiger partial charge < -0.3 is 10.8 Å². The third-order valence-corrected chi connectivity index (χ3v) is 3.62. The van der Waals surface area contributed by atoms with E-state index in [9.17, 15) is 0 Å². The predicted molar refractivity (Wildman–Crippen MR) is 51.0 cm³/mol. The highest BCUT2D eigenvalue weighted by Crippen LogP contribution is 2.27. The van der Waals surface area contributed by atoms with E-state index in [2.05, 4.69) is 5.73 Å². The Morgan fingerprint density at radius 2 is 1.55 bits per heavy atom. The molecule has 0 aromatic rings. The Balaban J connectivity index is 0.000000218. The molecule has 1 fully saturated rings. The maximum absolute atomic E-state index is 8.78. The molecule has 3 N–H and O–H groups in total. The summed E-state index contributed by atoms with van der Waals surface area (Å²) in [7, 11) is 4.06. The zero-order valence-corrected chi connectivity index (χ0v) is 7.92. The zero-order valence-electron chi connectivity index (χ0n) is 6.28. The molecule has 1 aliphatic heterocycles. The third-order valence-electron chi connectivity index (χ3n) is 1.04. The quantitative estimate of drug-likeness (QED) is 0.581. The number of carbonyl (C=O) groups is 1. The van der Waals surface area contributed by atoms with Crippen LogP contribution in [0.5, 0.6) is 0 Å². The molecule has 1 amide bonds. The van der Waals surface area contributed by atoms with Gasteiger partial charge in [-0.3, -0.25) is 0 Å². The van der Waals surface area contributed by atoms with Gasteiger partial charge in [0.1, 0.15) is 0 Å². The first-order chi connectivity index (χ1) is 5.23. The summed E-state index contributed by atoms with van der Waals surface area (Å²) in [5, 5.41) is 7.19. The van der Waals surface area contributed by atoms with E-state index >= 15 is 0 Å². The van der Waals surface area contributed by atoms with E-state index in [4.69, 9.17) is 9.90 Å². The lowest BCUT2D eigenvalue weighted by Gasteiger charge is -1.86.